The summed E-state index contributed by atoms with van der Waals surface area (Å²) in [6, 6.07) is 17.8. The molecule has 0 radical (unpaired) electrons. The number of ether oxygens (including phenoxy) is 1. The predicted octanol–water partition coefficient (Wildman–Crippen LogP) is 3.36. The van der Waals surface area contributed by atoms with Gasteiger partial charge in [-0.2, -0.15) is 5.10 Å². The van der Waals surface area contributed by atoms with Crippen molar-refractivity contribution in [3.8, 4) is 17.1 Å². The van der Waals surface area contributed by atoms with Gasteiger partial charge in [-0.3, -0.25) is 0 Å². The number of nitrogens with one attached hydrogen (secondary N) is 2. The number of rotatable bonds is 5. The van der Waals surface area contributed by atoms with Crippen molar-refractivity contribution in [2.45, 2.75) is 6.54 Å². The Kier molecular flexibility index (Phi) is 4.20. The molecule has 0 unspecified atom stereocenters. The lowest BCUT2D eigenvalue weighted by Crippen LogP contribution is -2.15. The summed E-state index contributed by atoms with van der Waals surface area (Å²) in [5, 5.41) is 7.11. The first-order valence-electron chi connectivity index (χ1n) is 6.87. The first-order valence-corrected chi connectivity index (χ1v) is 7.28. The largest absolute Gasteiger partial charge is 0.497 e. The van der Waals surface area contributed by atoms with Crippen LogP contribution in [0.1, 0.15) is 5.56 Å². The van der Waals surface area contributed by atoms with Gasteiger partial charge in [0.15, 0.2) is 5.82 Å². The Morgan fingerprint density at radius 2 is 1.86 bits per heavy atom. The molecular formula is C16H16N4OS. The van der Waals surface area contributed by atoms with E-state index < -0.39 is 0 Å². The minimum absolute atomic E-state index is 0.535. The van der Waals surface area contributed by atoms with Gasteiger partial charge in [0.2, 0.25) is 4.77 Å². The van der Waals surface area contributed by atoms with Crippen LogP contribution in [-0.2, 0) is 6.54 Å². The molecule has 0 aliphatic carbocycles. The topological polar surface area (TPSA) is 54.9 Å². The number of hydrogen-bond acceptors (Lipinski definition) is 4. The van der Waals surface area contributed by atoms with Gasteiger partial charge in [0.25, 0.3) is 0 Å². The van der Waals surface area contributed by atoms with Crippen LogP contribution in [-0.4, -0.2) is 22.0 Å². The van der Waals surface area contributed by atoms with E-state index in [1.54, 1.807) is 11.8 Å². The Balaban J connectivity index is 1.80. The number of aromatic amines is 1. The molecule has 6 heteroatoms. The Bertz CT molecular complexity index is 793. The molecule has 3 aromatic rings. The molecule has 0 fully saturated rings. The first kappa shape index (κ1) is 14.3. The molecular weight excluding hydrogens is 296 g/mol. The molecule has 0 amide bonds. The average molecular weight is 312 g/mol. The molecule has 0 saturated carbocycles. The van der Waals surface area contributed by atoms with Crippen LogP contribution in [0.25, 0.3) is 11.4 Å². The minimum Gasteiger partial charge on any atom is -0.497 e. The Labute approximate surface area is 133 Å². The summed E-state index contributed by atoms with van der Waals surface area (Å²) in [5.41, 5.74) is 5.42. The van der Waals surface area contributed by atoms with Crippen molar-refractivity contribution >= 4 is 12.2 Å². The van der Waals surface area contributed by atoms with Gasteiger partial charge in [-0.1, -0.05) is 42.5 Å². The average Bonchev–Trinajstić information content (AvgIpc) is 2.95. The molecule has 0 aliphatic rings. The maximum atomic E-state index is 5.29. The van der Waals surface area contributed by atoms with Crippen molar-refractivity contribution in [3.63, 3.8) is 0 Å². The highest BCUT2D eigenvalue weighted by molar-refractivity contribution is 7.71. The fraction of sp³-hybridized carbons (Fsp3) is 0.125. The highest BCUT2D eigenvalue weighted by Gasteiger charge is 2.08. The van der Waals surface area contributed by atoms with Crippen molar-refractivity contribution in [3.05, 3.63) is 64.9 Å². The fourth-order valence-corrected chi connectivity index (χ4v) is 2.33. The lowest BCUT2D eigenvalue weighted by atomic mass is 10.2. The Hall–Kier alpha value is -2.60. The van der Waals surface area contributed by atoms with Crippen molar-refractivity contribution in [2.75, 3.05) is 12.5 Å². The number of nitrogens with zero attached hydrogens (tertiary/aromatic N) is 2. The number of H-pyrrole nitrogens is 1. The minimum atomic E-state index is 0.535. The number of methoxy groups -OCH3 is 1. The van der Waals surface area contributed by atoms with E-state index in [2.05, 4.69) is 15.6 Å². The number of hydrogen-bond donors (Lipinski definition) is 2. The highest BCUT2D eigenvalue weighted by atomic mass is 32.1. The van der Waals surface area contributed by atoms with Crippen LogP contribution in [0.4, 0.5) is 0 Å². The normalized spacial score (nSPS) is 10.4. The second-order valence-corrected chi connectivity index (χ2v) is 5.12. The van der Waals surface area contributed by atoms with Gasteiger partial charge in [0.1, 0.15) is 5.75 Å². The quantitative estimate of drug-likeness (QED) is 0.709. The molecule has 112 valence electrons. The second-order valence-electron chi connectivity index (χ2n) is 4.74. The lowest BCUT2D eigenvalue weighted by Gasteiger charge is -2.10. The number of aromatic nitrogens is 3. The Morgan fingerprint density at radius 3 is 2.55 bits per heavy atom. The lowest BCUT2D eigenvalue weighted by molar-refractivity contribution is 0.414. The number of benzene rings is 2. The van der Waals surface area contributed by atoms with E-state index in [-0.39, 0.29) is 0 Å². The van der Waals surface area contributed by atoms with Crippen LogP contribution in [0, 0.1) is 4.77 Å². The molecule has 5 nitrogen and oxygen atoms in total. The zero-order chi connectivity index (χ0) is 15.4. The van der Waals surface area contributed by atoms with Crippen LogP contribution in [0.15, 0.2) is 54.6 Å². The summed E-state index contributed by atoms with van der Waals surface area (Å²) >= 11 is 5.29. The zero-order valence-electron chi connectivity index (χ0n) is 12.1. The van der Waals surface area contributed by atoms with Gasteiger partial charge in [-0.15, -0.1) is 0 Å². The van der Waals surface area contributed by atoms with E-state index >= 15 is 0 Å². The maximum Gasteiger partial charge on any atom is 0.214 e. The molecule has 1 heterocycles. The molecule has 0 atom stereocenters. The third-order valence-corrected chi connectivity index (χ3v) is 3.58. The third kappa shape index (κ3) is 3.01. The molecule has 2 N–H and O–H groups in total. The van der Waals surface area contributed by atoms with Gasteiger partial charge in [-0.25, -0.2) is 9.77 Å². The molecule has 2 aromatic carbocycles. The van der Waals surface area contributed by atoms with Crippen LogP contribution in [0.2, 0.25) is 0 Å². The molecule has 0 bridgehead atoms. The monoisotopic (exact) mass is 312 g/mol. The van der Waals surface area contributed by atoms with Gasteiger partial charge >= 0.3 is 0 Å². The smallest absolute Gasteiger partial charge is 0.214 e. The Morgan fingerprint density at radius 1 is 1.14 bits per heavy atom. The summed E-state index contributed by atoms with van der Waals surface area (Å²) in [4.78, 5) is 0. The molecule has 0 spiro atoms. The SMILES string of the molecule is COc1ccc(CNn2c(-c3ccccc3)n[nH]c2=S)cc1. The van der Waals surface area contributed by atoms with Crippen molar-refractivity contribution in [1.29, 1.82) is 0 Å². The van der Waals surface area contributed by atoms with Crippen molar-refractivity contribution in [2.24, 2.45) is 0 Å². The summed E-state index contributed by atoms with van der Waals surface area (Å²) in [6.07, 6.45) is 0. The van der Waals surface area contributed by atoms with Gasteiger partial charge in [-0.05, 0) is 29.9 Å². The second kappa shape index (κ2) is 6.44. The van der Waals surface area contributed by atoms with Gasteiger partial charge < -0.3 is 10.2 Å². The van der Waals surface area contributed by atoms with Gasteiger partial charge in [0.05, 0.1) is 13.7 Å². The van der Waals surface area contributed by atoms with Crippen molar-refractivity contribution in [1.82, 2.24) is 14.9 Å². The van der Waals surface area contributed by atoms with Crippen LogP contribution in [0.3, 0.4) is 0 Å². The van der Waals surface area contributed by atoms with E-state index in [9.17, 15) is 0 Å². The summed E-state index contributed by atoms with van der Waals surface area (Å²) in [6.45, 7) is 0.637. The standard InChI is InChI=1S/C16H16N4OS/c1-21-14-9-7-12(8-10-14)11-17-20-15(18-19-16(20)22)13-5-3-2-4-6-13/h2-10,17H,11H2,1H3,(H,19,22). The van der Waals surface area contributed by atoms with E-state index in [0.717, 1.165) is 22.7 Å². The molecule has 1 aromatic heterocycles. The van der Waals surface area contributed by atoms with Crippen LogP contribution < -0.4 is 10.2 Å². The third-order valence-electron chi connectivity index (χ3n) is 3.30. The first-order chi connectivity index (χ1) is 10.8. The molecule has 3 rings (SSSR count). The summed E-state index contributed by atoms with van der Waals surface area (Å²) < 4.78 is 7.48. The van der Waals surface area contributed by atoms with E-state index in [1.165, 1.54) is 0 Å². The van der Waals surface area contributed by atoms with Crippen LogP contribution >= 0.6 is 12.2 Å². The van der Waals surface area contributed by atoms with E-state index in [0.29, 0.717) is 11.3 Å². The van der Waals surface area contributed by atoms with Gasteiger partial charge in [0, 0.05) is 5.56 Å². The highest BCUT2D eigenvalue weighted by Crippen LogP contribution is 2.16. The van der Waals surface area contributed by atoms with Crippen LogP contribution in [0.5, 0.6) is 5.75 Å². The fourth-order valence-electron chi connectivity index (χ4n) is 2.14. The molecule has 0 saturated heterocycles. The predicted molar refractivity (Wildman–Crippen MR) is 88.9 cm³/mol. The zero-order valence-corrected chi connectivity index (χ0v) is 12.9. The molecule has 0 aliphatic heterocycles. The molecule has 22 heavy (non-hydrogen) atoms. The van der Waals surface area contributed by atoms with Crippen molar-refractivity contribution < 1.29 is 4.74 Å². The summed E-state index contributed by atoms with van der Waals surface area (Å²) in [5.74, 6) is 1.60. The van der Waals surface area contributed by atoms with E-state index in [1.807, 2.05) is 54.6 Å². The summed E-state index contributed by atoms with van der Waals surface area (Å²) in [7, 11) is 1.66. The van der Waals surface area contributed by atoms with E-state index in [4.69, 9.17) is 17.0 Å². The maximum absolute atomic E-state index is 5.29.